The van der Waals surface area contributed by atoms with Crippen LogP contribution in [0.1, 0.15) is 18.1 Å². The minimum atomic E-state index is -2.00. The van der Waals surface area contributed by atoms with Gasteiger partial charge in [0.25, 0.3) is 0 Å². The standard InChI is InChI=1S/C35H46O20/c1-14-24(42)26(44)28(46)33(51-14)50-13-22-25(43)27(45)29(47)35(53-22)55-32-30(48)34(49-9-8-16-3-6-18(38)20(40)11-16)52-21(12-36)31(32)54-23(41)7-4-15-2-5-17(37)19(39)10-15/h2-7,10-11,14,21-22,24-40,42-48H,8-9,12-13H2,1H3. The van der Waals surface area contributed by atoms with E-state index in [-0.39, 0.29) is 30.1 Å². The molecule has 5 rings (SSSR count). The Kier molecular flexibility index (Phi) is 14.3. The predicted molar refractivity (Wildman–Crippen MR) is 180 cm³/mol. The van der Waals surface area contributed by atoms with Crippen LogP contribution in [0.5, 0.6) is 23.0 Å². The average Bonchev–Trinajstić information content (AvgIpc) is 3.16. The first-order valence-electron chi connectivity index (χ1n) is 17.2. The molecular weight excluding hydrogens is 740 g/mol. The summed E-state index contributed by atoms with van der Waals surface area (Å²) in [5.41, 5.74) is 0.804. The number of carbonyl (C=O) groups is 1. The molecule has 20 heteroatoms. The van der Waals surface area contributed by atoms with Gasteiger partial charge in [0.2, 0.25) is 0 Å². The largest absolute Gasteiger partial charge is 0.504 e. The Morgan fingerprint density at radius 3 is 1.96 bits per heavy atom. The van der Waals surface area contributed by atoms with Crippen LogP contribution < -0.4 is 0 Å². The predicted octanol–water partition coefficient (Wildman–Crippen LogP) is -3.19. The van der Waals surface area contributed by atoms with E-state index in [2.05, 4.69) is 0 Å². The van der Waals surface area contributed by atoms with Crippen molar-refractivity contribution in [3.8, 4) is 23.0 Å². The van der Waals surface area contributed by atoms with E-state index in [0.29, 0.717) is 5.56 Å². The highest BCUT2D eigenvalue weighted by Crippen LogP contribution is 2.33. The SMILES string of the molecule is CC1OC(OCC2OC(OC3C(O)C(OCCc4ccc(O)c(O)c4)OC(CO)C3OC(=O)C=Cc3ccc(O)c(O)c3)C(O)C(O)C2O)C(O)C(O)C1O. The van der Waals surface area contributed by atoms with Gasteiger partial charge >= 0.3 is 5.97 Å². The smallest absolute Gasteiger partial charge is 0.331 e. The van der Waals surface area contributed by atoms with Crippen molar-refractivity contribution in [1.29, 1.82) is 0 Å². The van der Waals surface area contributed by atoms with Gasteiger partial charge in [-0.15, -0.1) is 0 Å². The van der Waals surface area contributed by atoms with Crippen molar-refractivity contribution in [2.75, 3.05) is 19.8 Å². The van der Waals surface area contributed by atoms with Crippen LogP contribution in [0.3, 0.4) is 0 Å². The van der Waals surface area contributed by atoms with Gasteiger partial charge in [0.1, 0.15) is 61.0 Å². The molecule has 0 spiro atoms. The zero-order chi connectivity index (χ0) is 40.1. The quantitative estimate of drug-likeness (QED) is 0.0541. The molecule has 3 fully saturated rings. The lowest BCUT2D eigenvalue weighted by Gasteiger charge is -2.47. The molecule has 0 radical (unpaired) electrons. The summed E-state index contributed by atoms with van der Waals surface area (Å²) in [7, 11) is 0. The first kappa shape index (κ1) is 42.4. The van der Waals surface area contributed by atoms with Crippen molar-refractivity contribution >= 4 is 12.0 Å². The third-order valence-electron chi connectivity index (χ3n) is 9.36. The van der Waals surface area contributed by atoms with E-state index in [1.807, 2.05) is 0 Å². The first-order chi connectivity index (χ1) is 26.1. The van der Waals surface area contributed by atoms with Crippen molar-refractivity contribution in [3.63, 3.8) is 0 Å². The molecule has 2 aromatic carbocycles. The number of phenols is 4. The Labute approximate surface area is 313 Å². The number of aliphatic hydroxyl groups excluding tert-OH is 8. The summed E-state index contributed by atoms with van der Waals surface area (Å²) < 4.78 is 39.6. The molecule has 0 aliphatic carbocycles. The Hall–Kier alpha value is -3.71. The Bertz CT molecular complexity index is 1610. The van der Waals surface area contributed by atoms with E-state index in [1.54, 1.807) is 0 Å². The third kappa shape index (κ3) is 10.0. The number of esters is 1. The van der Waals surface area contributed by atoms with Crippen LogP contribution >= 0.6 is 0 Å². The minimum Gasteiger partial charge on any atom is -0.504 e. The second-order valence-electron chi connectivity index (χ2n) is 13.3. The molecule has 306 valence electrons. The summed E-state index contributed by atoms with van der Waals surface area (Å²) in [5, 5.41) is 123. The highest BCUT2D eigenvalue weighted by Gasteiger charge is 2.53. The van der Waals surface area contributed by atoms with Gasteiger partial charge in [0.15, 0.2) is 48.0 Å². The minimum absolute atomic E-state index is 0.135. The summed E-state index contributed by atoms with van der Waals surface area (Å²) >= 11 is 0. The fourth-order valence-corrected chi connectivity index (χ4v) is 6.14. The molecule has 15 atom stereocenters. The second-order valence-corrected chi connectivity index (χ2v) is 13.3. The van der Waals surface area contributed by atoms with Crippen LogP contribution in [-0.2, 0) is 44.4 Å². The van der Waals surface area contributed by atoms with Gasteiger partial charge in [0, 0.05) is 6.08 Å². The zero-order valence-electron chi connectivity index (χ0n) is 29.2. The molecule has 0 saturated carbocycles. The van der Waals surface area contributed by atoms with Gasteiger partial charge in [0.05, 0.1) is 25.9 Å². The van der Waals surface area contributed by atoms with Gasteiger partial charge in [-0.3, -0.25) is 0 Å². The van der Waals surface area contributed by atoms with E-state index in [4.69, 9.17) is 33.2 Å². The zero-order valence-corrected chi connectivity index (χ0v) is 29.2. The molecule has 0 amide bonds. The Morgan fingerprint density at radius 2 is 1.29 bits per heavy atom. The summed E-state index contributed by atoms with van der Waals surface area (Å²) in [6.45, 7) is -0.209. The number of aliphatic hydroxyl groups is 8. The lowest BCUT2D eigenvalue weighted by Crippen LogP contribution is -2.65. The number of ether oxygens (including phenoxy) is 7. The third-order valence-corrected chi connectivity index (χ3v) is 9.36. The normalized spacial score (nSPS) is 36.9. The Balaban J connectivity index is 1.34. The number of hydrogen-bond acceptors (Lipinski definition) is 20. The summed E-state index contributed by atoms with van der Waals surface area (Å²) in [5.74, 6) is -2.65. The Morgan fingerprint density at radius 1 is 0.673 bits per heavy atom. The van der Waals surface area contributed by atoms with Crippen molar-refractivity contribution in [2.24, 2.45) is 0 Å². The lowest BCUT2D eigenvalue weighted by atomic mass is 9.96. The average molecular weight is 787 g/mol. The fraction of sp³-hybridized carbons (Fsp3) is 0.571. The summed E-state index contributed by atoms with van der Waals surface area (Å²) in [6, 6.07) is 7.78. The summed E-state index contributed by atoms with van der Waals surface area (Å²) in [4.78, 5) is 13.0. The first-order valence-corrected chi connectivity index (χ1v) is 17.2. The van der Waals surface area contributed by atoms with Crippen LogP contribution in [0, 0.1) is 0 Å². The highest BCUT2D eigenvalue weighted by atomic mass is 16.8. The molecule has 3 aliphatic heterocycles. The molecule has 3 aliphatic rings. The summed E-state index contributed by atoms with van der Waals surface area (Å²) in [6.07, 6.45) is -22.5. The van der Waals surface area contributed by atoms with Crippen LogP contribution in [0.4, 0.5) is 0 Å². The van der Waals surface area contributed by atoms with Crippen LogP contribution in [0.2, 0.25) is 0 Å². The fourth-order valence-electron chi connectivity index (χ4n) is 6.14. The maximum atomic E-state index is 13.0. The van der Waals surface area contributed by atoms with Gasteiger partial charge in [-0.1, -0.05) is 12.1 Å². The molecule has 0 aromatic heterocycles. The van der Waals surface area contributed by atoms with Crippen molar-refractivity contribution in [2.45, 2.75) is 105 Å². The molecule has 0 bridgehead atoms. The molecule has 15 unspecified atom stereocenters. The lowest BCUT2D eigenvalue weighted by molar-refractivity contribution is -0.365. The van der Waals surface area contributed by atoms with Crippen molar-refractivity contribution in [3.05, 3.63) is 53.6 Å². The molecule has 3 heterocycles. The maximum Gasteiger partial charge on any atom is 0.331 e. The molecule has 3 saturated heterocycles. The number of hydrogen-bond donors (Lipinski definition) is 12. The monoisotopic (exact) mass is 786 g/mol. The molecular formula is C35H46O20. The second kappa shape index (κ2) is 18.5. The van der Waals surface area contributed by atoms with Crippen LogP contribution in [-0.4, -0.2) is 179 Å². The van der Waals surface area contributed by atoms with Crippen LogP contribution in [0.25, 0.3) is 6.08 Å². The highest BCUT2D eigenvalue weighted by molar-refractivity contribution is 5.87. The topological polar surface area (TPSA) is 324 Å². The molecule has 20 nitrogen and oxygen atoms in total. The molecule has 12 N–H and O–H groups in total. The molecule has 55 heavy (non-hydrogen) atoms. The number of benzene rings is 2. The number of carbonyl (C=O) groups excluding carboxylic acids is 1. The molecule has 2 aromatic rings. The van der Waals surface area contributed by atoms with E-state index in [1.165, 1.54) is 43.3 Å². The maximum absolute atomic E-state index is 13.0. The number of phenolic OH excluding ortho intramolecular Hbond substituents is 4. The van der Waals surface area contributed by atoms with Gasteiger partial charge in [-0.2, -0.15) is 0 Å². The van der Waals surface area contributed by atoms with Gasteiger partial charge in [-0.05, 0) is 54.8 Å². The number of aromatic hydroxyl groups is 4. The van der Waals surface area contributed by atoms with Crippen molar-refractivity contribution < 1.29 is 99.2 Å². The van der Waals surface area contributed by atoms with E-state index in [0.717, 1.165) is 12.1 Å². The van der Waals surface area contributed by atoms with Crippen molar-refractivity contribution in [1.82, 2.24) is 0 Å². The van der Waals surface area contributed by atoms with E-state index >= 15 is 0 Å². The number of rotatable bonds is 13. The van der Waals surface area contributed by atoms with E-state index < -0.39 is 123 Å². The van der Waals surface area contributed by atoms with Crippen LogP contribution in [0.15, 0.2) is 42.5 Å². The van der Waals surface area contributed by atoms with Gasteiger partial charge in [-0.25, -0.2) is 4.79 Å². The van der Waals surface area contributed by atoms with E-state index in [9.17, 15) is 66.1 Å². The van der Waals surface area contributed by atoms with Gasteiger partial charge < -0.3 is 94.4 Å².